The van der Waals surface area contributed by atoms with Crippen LogP contribution in [0.4, 0.5) is 0 Å². The normalized spacial score (nSPS) is 14.5. The molecule has 0 atom stereocenters. The fraction of sp³-hybridized carbons (Fsp3) is 0.154. The molecule has 2 aromatic heterocycles. The Morgan fingerprint density at radius 1 is 0.759 bits per heavy atom. The first-order valence-corrected chi connectivity index (χ1v) is 9.94. The highest BCUT2D eigenvalue weighted by atomic mass is 35.5. The van der Waals surface area contributed by atoms with Crippen LogP contribution in [0.2, 0.25) is 0 Å². The van der Waals surface area contributed by atoms with Gasteiger partial charge < -0.3 is 0 Å². The number of fused-ring (bicyclic) bond motifs is 5. The topological polar surface area (TPSA) is 25.8 Å². The Hall–Kier alpha value is -2.97. The fourth-order valence-corrected chi connectivity index (χ4v) is 4.30. The predicted octanol–water partition coefficient (Wildman–Crippen LogP) is 6.94. The van der Waals surface area contributed by atoms with Crippen molar-refractivity contribution in [3.8, 4) is 0 Å². The maximum atomic E-state index is 4.14. The summed E-state index contributed by atoms with van der Waals surface area (Å²) in [5, 5.41) is 3.91. The zero-order valence-electron chi connectivity index (χ0n) is 16.2. The van der Waals surface area contributed by atoms with Gasteiger partial charge in [-0.2, -0.15) is 0 Å². The molecule has 144 valence electrons. The van der Waals surface area contributed by atoms with Crippen molar-refractivity contribution >= 4 is 39.7 Å². The van der Waals surface area contributed by atoms with Crippen LogP contribution in [-0.2, 0) is 6.42 Å². The molecular formula is C26H23ClN2. The summed E-state index contributed by atoms with van der Waals surface area (Å²) in [5.41, 5.74) is 7.20. The Morgan fingerprint density at radius 2 is 1.66 bits per heavy atom. The van der Waals surface area contributed by atoms with Crippen LogP contribution in [0.5, 0.6) is 0 Å². The molecule has 0 fully saturated rings. The van der Waals surface area contributed by atoms with Crippen LogP contribution in [0.25, 0.3) is 27.2 Å². The number of pyridine rings is 2. The molecule has 2 aliphatic rings. The highest BCUT2D eigenvalue weighted by molar-refractivity contribution is 5.93. The largest absolute Gasteiger partial charge is 0.264 e. The zero-order chi connectivity index (χ0) is 18.8. The minimum Gasteiger partial charge on any atom is -0.264 e. The minimum absolute atomic E-state index is 0. The molecule has 4 aromatic rings. The van der Waals surface area contributed by atoms with Crippen LogP contribution in [0.3, 0.4) is 0 Å². The van der Waals surface area contributed by atoms with Gasteiger partial charge in [0.05, 0.1) is 5.52 Å². The van der Waals surface area contributed by atoms with Gasteiger partial charge in [0.1, 0.15) is 0 Å². The van der Waals surface area contributed by atoms with Crippen molar-refractivity contribution in [2.75, 3.05) is 0 Å². The third-order valence-corrected chi connectivity index (χ3v) is 5.69. The number of hydrogen-bond acceptors (Lipinski definition) is 2. The highest BCUT2D eigenvalue weighted by Gasteiger charge is 2.20. The van der Waals surface area contributed by atoms with E-state index >= 15 is 0 Å². The number of hydrogen-bond donors (Lipinski definition) is 0. The molecule has 29 heavy (non-hydrogen) atoms. The first-order chi connectivity index (χ1) is 13.9. The Bertz CT molecular complexity index is 1160. The van der Waals surface area contributed by atoms with Crippen LogP contribution < -0.4 is 0 Å². The molecule has 0 aliphatic heterocycles. The molecular weight excluding hydrogens is 376 g/mol. The lowest BCUT2D eigenvalue weighted by Gasteiger charge is -2.25. The Balaban J connectivity index is 0.000000159. The second kappa shape index (κ2) is 8.59. The van der Waals surface area contributed by atoms with Crippen LogP contribution in [0.1, 0.15) is 30.4 Å². The first-order valence-electron chi connectivity index (χ1n) is 9.94. The minimum atomic E-state index is 0. The smallest absolute Gasteiger partial charge is 0.0732 e. The van der Waals surface area contributed by atoms with Crippen molar-refractivity contribution in [2.24, 2.45) is 0 Å². The van der Waals surface area contributed by atoms with Crippen molar-refractivity contribution in [1.29, 1.82) is 0 Å². The second-order valence-electron chi connectivity index (χ2n) is 7.34. The Morgan fingerprint density at radius 3 is 2.59 bits per heavy atom. The average Bonchev–Trinajstić information content (AvgIpc) is 2.79. The van der Waals surface area contributed by atoms with Gasteiger partial charge in [-0.25, -0.2) is 0 Å². The summed E-state index contributed by atoms with van der Waals surface area (Å²) in [6.45, 7) is 0. The first kappa shape index (κ1) is 19.4. The summed E-state index contributed by atoms with van der Waals surface area (Å²) in [6, 6.07) is 19.2. The summed E-state index contributed by atoms with van der Waals surface area (Å²) in [6.07, 6.45) is 14.9. The molecule has 0 amide bonds. The van der Waals surface area contributed by atoms with Crippen LogP contribution in [0, 0.1) is 0 Å². The van der Waals surface area contributed by atoms with Crippen molar-refractivity contribution < 1.29 is 0 Å². The lowest BCUT2D eigenvalue weighted by Crippen LogP contribution is -2.06. The number of rotatable bonds is 0. The maximum Gasteiger partial charge on any atom is 0.0732 e. The third-order valence-electron chi connectivity index (χ3n) is 5.69. The van der Waals surface area contributed by atoms with E-state index in [1.54, 1.807) is 23.5 Å². The molecule has 0 saturated heterocycles. The van der Waals surface area contributed by atoms with Gasteiger partial charge in [0, 0.05) is 24.0 Å². The van der Waals surface area contributed by atoms with Crippen LogP contribution in [-0.4, -0.2) is 9.97 Å². The van der Waals surface area contributed by atoms with Crippen molar-refractivity contribution in [1.82, 2.24) is 9.97 Å². The number of halogens is 1. The van der Waals surface area contributed by atoms with Crippen LogP contribution >= 0.6 is 12.4 Å². The summed E-state index contributed by atoms with van der Waals surface area (Å²) in [4.78, 5) is 8.11. The molecule has 6 rings (SSSR count). The van der Waals surface area contributed by atoms with Gasteiger partial charge in [0.2, 0.25) is 0 Å². The van der Waals surface area contributed by atoms with E-state index in [-0.39, 0.29) is 12.4 Å². The molecule has 2 heterocycles. The molecule has 2 nitrogen and oxygen atoms in total. The summed E-state index contributed by atoms with van der Waals surface area (Å²) in [5.74, 6) is 0. The number of aromatic nitrogens is 2. The van der Waals surface area contributed by atoms with E-state index in [0.717, 1.165) is 10.9 Å². The molecule has 0 bridgehead atoms. The van der Waals surface area contributed by atoms with E-state index in [4.69, 9.17) is 0 Å². The number of aryl methyl sites for hydroxylation is 1. The van der Waals surface area contributed by atoms with Gasteiger partial charge >= 0.3 is 0 Å². The van der Waals surface area contributed by atoms with Crippen molar-refractivity contribution in [3.63, 3.8) is 0 Å². The standard InChI is InChI=1S/C18H16.C8H6N2.ClH/c1-3-7-15-13(5-1)9-11-18-16-8-4-2-6-14(16)10-12-17(15)18;1-2-7-6-9-5-3-8(7)10-4-1;/h1,3-5,7-9,11H,2,6,10,12H2;1-6H;1H. The molecule has 0 spiro atoms. The van der Waals surface area contributed by atoms with Gasteiger partial charge in [-0.3, -0.25) is 9.97 Å². The molecule has 0 saturated carbocycles. The predicted molar refractivity (Wildman–Crippen MR) is 124 cm³/mol. The Labute approximate surface area is 177 Å². The fourth-order valence-electron chi connectivity index (χ4n) is 4.30. The highest BCUT2D eigenvalue weighted by Crippen LogP contribution is 2.39. The number of nitrogens with zero attached hydrogens (tertiary/aromatic N) is 2. The maximum absolute atomic E-state index is 4.14. The number of allylic oxidation sites excluding steroid dienone is 4. The zero-order valence-corrected chi connectivity index (χ0v) is 17.0. The Kier molecular flexibility index (Phi) is 5.73. The summed E-state index contributed by atoms with van der Waals surface area (Å²) >= 11 is 0. The van der Waals surface area contributed by atoms with Crippen molar-refractivity contribution in [2.45, 2.75) is 25.7 Å². The molecule has 2 aliphatic carbocycles. The average molecular weight is 399 g/mol. The van der Waals surface area contributed by atoms with E-state index < -0.39 is 0 Å². The molecule has 3 heteroatoms. The molecule has 2 aromatic carbocycles. The third kappa shape index (κ3) is 3.81. The van der Waals surface area contributed by atoms with Gasteiger partial charge in [0.25, 0.3) is 0 Å². The van der Waals surface area contributed by atoms with Gasteiger partial charge in [0.15, 0.2) is 0 Å². The van der Waals surface area contributed by atoms with Gasteiger partial charge in [-0.05, 0) is 71.4 Å². The van der Waals surface area contributed by atoms with E-state index in [1.807, 2.05) is 24.4 Å². The quantitative estimate of drug-likeness (QED) is 0.320. The van der Waals surface area contributed by atoms with Crippen molar-refractivity contribution in [3.05, 3.63) is 102 Å². The van der Waals surface area contributed by atoms with E-state index in [2.05, 4.69) is 58.5 Å². The number of benzene rings is 2. The summed E-state index contributed by atoms with van der Waals surface area (Å²) < 4.78 is 0. The molecule has 0 unspecified atom stereocenters. The summed E-state index contributed by atoms with van der Waals surface area (Å²) in [7, 11) is 0. The lowest BCUT2D eigenvalue weighted by atomic mass is 9.80. The lowest BCUT2D eigenvalue weighted by molar-refractivity contribution is 0.831. The monoisotopic (exact) mass is 398 g/mol. The second-order valence-corrected chi connectivity index (χ2v) is 7.34. The molecule has 0 N–H and O–H groups in total. The van der Waals surface area contributed by atoms with E-state index in [1.165, 1.54) is 47.6 Å². The van der Waals surface area contributed by atoms with Gasteiger partial charge in [-0.15, -0.1) is 12.4 Å². The van der Waals surface area contributed by atoms with Gasteiger partial charge in [-0.1, -0.05) is 54.1 Å². The van der Waals surface area contributed by atoms with E-state index in [9.17, 15) is 0 Å². The van der Waals surface area contributed by atoms with Crippen LogP contribution in [0.15, 0.2) is 90.9 Å². The SMILES string of the molecule is C1=CC2=C(CC1)CCc1c2ccc2ccccc12.Cl.c1cnc2ccncc2c1. The molecule has 0 radical (unpaired) electrons. The van der Waals surface area contributed by atoms with E-state index in [0.29, 0.717) is 0 Å².